The Bertz CT molecular complexity index is 584. The van der Waals surface area contributed by atoms with E-state index in [-0.39, 0.29) is 6.10 Å². The number of nitrogens with zero attached hydrogens (tertiary/aromatic N) is 2. The Kier molecular flexibility index (Phi) is 4.27. The molecule has 0 fully saturated rings. The molecule has 0 aliphatic rings. The number of hydrogen-bond donors (Lipinski definition) is 0. The average Bonchev–Trinajstić information content (AvgIpc) is 2.47. The minimum absolute atomic E-state index is 0.0817. The molecule has 3 heteroatoms. The maximum atomic E-state index is 9.08. The maximum Gasteiger partial charge on any atom is 0.101 e. The summed E-state index contributed by atoms with van der Waals surface area (Å²) in [5.41, 5.74) is 3.39. The Hall–Kier alpha value is -2.18. The number of pyridine rings is 1. The van der Waals surface area contributed by atoms with Gasteiger partial charge in [-0.3, -0.25) is 4.98 Å². The average molecular weight is 252 g/mol. The van der Waals surface area contributed by atoms with Gasteiger partial charge in [0.05, 0.1) is 17.4 Å². The third kappa shape index (κ3) is 2.98. The molecule has 0 amide bonds. The maximum absolute atomic E-state index is 9.08. The zero-order valence-corrected chi connectivity index (χ0v) is 11.1. The van der Waals surface area contributed by atoms with Crippen molar-refractivity contribution < 1.29 is 4.74 Å². The predicted octanol–water partition coefficient (Wildman–Crippen LogP) is 3.72. The van der Waals surface area contributed by atoms with Crippen molar-refractivity contribution in [3.8, 4) is 17.3 Å². The SMILES string of the molecule is CCO[C@@H](C)c1ccc(-c2ncccc2C#N)cc1. The molecule has 1 atom stereocenters. The topological polar surface area (TPSA) is 45.9 Å². The second-order valence-electron chi connectivity index (χ2n) is 4.23. The summed E-state index contributed by atoms with van der Waals surface area (Å²) in [6.45, 7) is 4.71. The van der Waals surface area contributed by atoms with Gasteiger partial charge in [-0.15, -0.1) is 0 Å². The van der Waals surface area contributed by atoms with E-state index < -0.39 is 0 Å². The van der Waals surface area contributed by atoms with Crippen molar-refractivity contribution in [3.05, 3.63) is 53.7 Å². The first-order valence-electron chi connectivity index (χ1n) is 6.33. The molecule has 0 bridgehead atoms. The summed E-state index contributed by atoms with van der Waals surface area (Å²) in [4.78, 5) is 4.28. The largest absolute Gasteiger partial charge is 0.374 e. The fourth-order valence-electron chi connectivity index (χ4n) is 1.98. The summed E-state index contributed by atoms with van der Waals surface area (Å²) >= 11 is 0. The van der Waals surface area contributed by atoms with Crippen LogP contribution in [0.2, 0.25) is 0 Å². The molecular weight excluding hydrogens is 236 g/mol. The number of rotatable bonds is 4. The molecule has 1 aromatic heterocycles. The molecule has 1 heterocycles. The summed E-state index contributed by atoms with van der Waals surface area (Å²) in [6, 6.07) is 13.7. The van der Waals surface area contributed by atoms with Crippen molar-refractivity contribution in [2.75, 3.05) is 6.61 Å². The molecule has 0 radical (unpaired) electrons. The van der Waals surface area contributed by atoms with Crippen LogP contribution in [0.3, 0.4) is 0 Å². The summed E-state index contributed by atoms with van der Waals surface area (Å²) in [5.74, 6) is 0. The monoisotopic (exact) mass is 252 g/mol. The van der Waals surface area contributed by atoms with Crippen molar-refractivity contribution in [1.82, 2.24) is 4.98 Å². The summed E-state index contributed by atoms with van der Waals surface area (Å²) in [7, 11) is 0. The van der Waals surface area contributed by atoms with E-state index in [9.17, 15) is 0 Å². The first kappa shape index (κ1) is 13.3. The molecule has 96 valence electrons. The van der Waals surface area contributed by atoms with Gasteiger partial charge < -0.3 is 4.74 Å². The Morgan fingerprint density at radius 1 is 1.26 bits per heavy atom. The van der Waals surface area contributed by atoms with Gasteiger partial charge in [0, 0.05) is 18.4 Å². The van der Waals surface area contributed by atoms with E-state index in [1.165, 1.54) is 0 Å². The van der Waals surface area contributed by atoms with Gasteiger partial charge in [-0.25, -0.2) is 0 Å². The number of aromatic nitrogens is 1. The lowest BCUT2D eigenvalue weighted by molar-refractivity contribution is 0.0764. The highest BCUT2D eigenvalue weighted by molar-refractivity contribution is 5.66. The van der Waals surface area contributed by atoms with Crippen LogP contribution in [0.5, 0.6) is 0 Å². The van der Waals surface area contributed by atoms with E-state index >= 15 is 0 Å². The van der Waals surface area contributed by atoms with Gasteiger partial charge in [-0.1, -0.05) is 24.3 Å². The molecule has 0 unspecified atom stereocenters. The second-order valence-corrected chi connectivity index (χ2v) is 4.23. The van der Waals surface area contributed by atoms with E-state index in [0.717, 1.165) is 16.8 Å². The van der Waals surface area contributed by atoms with E-state index in [1.54, 1.807) is 18.3 Å². The number of ether oxygens (including phenoxy) is 1. The smallest absolute Gasteiger partial charge is 0.101 e. The Morgan fingerprint density at radius 2 is 2.00 bits per heavy atom. The molecule has 2 rings (SSSR count). The number of benzene rings is 1. The minimum atomic E-state index is 0.0817. The van der Waals surface area contributed by atoms with E-state index in [1.807, 2.05) is 38.1 Å². The van der Waals surface area contributed by atoms with E-state index in [2.05, 4.69) is 11.1 Å². The van der Waals surface area contributed by atoms with Crippen LogP contribution in [0, 0.1) is 11.3 Å². The van der Waals surface area contributed by atoms with Gasteiger partial charge in [0.2, 0.25) is 0 Å². The van der Waals surface area contributed by atoms with Gasteiger partial charge >= 0.3 is 0 Å². The van der Waals surface area contributed by atoms with Gasteiger partial charge in [-0.05, 0) is 31.5 Å². The van der Waals surface area contributed by atoms with Gasteiger partial charge in [-0.2, -0.15) is 5.26 Å². The quantitative estimate of drug-likeness (QED) is 0.833. The van der Waals surface area contributed by atoms with Gasteiger partial charge in [0.1, 0.15) is 6.07 Å². The van der Waals surface area contributed by atoms with Crippen LogP contribution in [-0.4, -0.2) is 11.6 Å². The normalized spacial score (nSPS) is 11.8. The molecular formula is C16H16N2O. The number of hydrogen-bond acceptors (Lipinski definition) is 3. The Labute approximate surface area is 113 Å². The molecule has 0 saturated carbocycles. The lowest BCUT2D eigenvalue weighted by atomic mass is 10.0. The van der Waals surface area contributed by atoms with Crippen molar-refractivity contribution in [3.63, 3.8) is 0 Å². The number of nitriles is 1. The lowest BCUT2D eigenvalue weighted by Crippen LogP contribution is -1.99. The van der Waals surface area contributed by atoms with Crippen molar-refractivity contribution in [2.45, 2.75) is 20.0 Å². The second kappa shape index (κ2) is 6.12. The Morgan fingerprint density at radius 3 is 2.63 bits per heavy atom. The third-order valence-corrected chi connectivity index (χ3v) is 3.00. The fraction of sp³-hybridized carbons (Fsp3) is 0.250. The summed E-state index contributed by atoms with van der Waals surface area (Å²) in [5, 5.41) is 9.08. The van der Waals surface area contributed by atoms with Crippen LogP contribution in [0.15, 0.2) is 42.6 Å². The third-order valence-electron chi connectivity index (χ3n) is 3.00. The molecule has 1 aromatic carbocycles. The van der Waals surface area contributed by atoms with Gasteiger partial charge in [0.25, 0.3) is 0 Å². The molecule has 19 heavy (non-hydrogen) atoms. The predicted molar refractivity (Wildman–Crippen MR) is 74.4 cm³/mol. The zero-order valence-electron chi connectivity index (χ0n) is 11.1. The highest BCUT2D eigenvalue weighted by atomic mass is 16.5. The molecule has 0 N–H and O–H groups in total. The van der Waals surface area contributed by atoms with Crippen LogP contribution in [0.25, 0.3) is 11.3 Å². The molecule has 0 saturated heterocycles. The van der Waals surface area contributed by atoms with Crippen LogP contribution in [-0.2, 0) is 4.74 Å². The van der Waals surface area contributed by atoms with Crippen LogP contribution in [0.4, 0.5) is 0 Å². The van der Waals surface area contributed by atoms with Crippen molar-refractivity contribution in [1.29, 1.82) is 5.26 Å². The highest BCUT2D eigenvalue weighted by Crippen LogP contribution is 2.24. The van der Waals surface area contributed by atoms with Crippen molar-refractivity contribution >= 4 is 0 Å². The molecule has 0 spiro atoms. The zero-order chi connectivity index (χ0) is 13.7. The summed E-state index contributed by atoms with van der Waals surface area (Å²) < 4.78 is 5.55. The van der Waals surface area contributed by atoms with E-state index in [0.29, 0.717) is 12.2 Å². The minimum Gasteiger partial charge on any atom is -0.374 e. The fourth-order valence-corrected chi connectivity index (χ4v) is 1.98. The molecule has 3 nitrogen and oxygen atoms in total. The standard InChI is InChI=1S/C16H16N2O/c1-3-19-12(2)13-6-8-14(9-7-13)16-15(11-17)5-4-10-18-16/h4-10,12H,3H2,1-2H3/t12-/m0/s1. The molecule has 0 aliphatic heterocycles. The molecule has 0 aliphatic carbocycles. The Balaban J connectivity index is 2.30. The molecule has 2 aromatic rings. The van der Waals surface area contributed by atoms with Crippen LogP contribution in [0.1, 0.15) is 31.1 Å². The summed E-state index contributed by atoms with van der Waals surface area (Å²) in [6.07, 6.45) is 1.78. The van der Waals surface area contributed by atoms with E-state index in [4.69, 9.17) is 10.00 Å². The van der Waals surface area contributed by atoms with Crippen molar-refractivity contribution in [2.24, 2.45) is 0 Å². The highest BCUT2D eigenvalue weighted by Gasteiger charge is 2.08. The van der Waals surface area contributed by atoms with Gasteiger partial charge in [0.15, 0.2) is 0 Å². The first-order chi connectivity index (χ1) is 9.26. The van der Waals surface area contributed by atoms with Crippen LogP contribution < -0.4 is 0 Å². The first-order valence-corrected chi connectivity index (χ1v) is 6.33. The lowest BCUT2D eigenvalue weighted by Gasteiger charge is -2.12. The van der Waals surface area contributed by atoms with Crippen LogP contribution >= 0.6 is 0 Å².